The lowest BCUT2D eigenvalue weighted by Gasteiger charge is -2.07. The van der Waals surface area contributed by atoms with Crippen LogP contribution in [0.25, 0.3) is 10.8 Å². The van der Waals surface area contributed by atoms with E-state index in [0.717, 1.165) is 5.56 Å². The van der Waals surface area contributed by atoms with Crippen LogP contribution in [0.1, 0.15) is 26.3 Å². The quantitative estimate of drug-likeness (QED) is 0.589. The van der Waals surface area contributed by atoms with Crippen molar-refractivity contribution in [1.29, 1.82) is 0 Å². The van der Waals surface area contributed by atoms with Gasteiger partial charge < -0.3 is 9.84 Å². The van der Waals surface area contributed by atoms with Crippen molar-refractivity contribution in [3.05, 3.63) is 77.4 Å². The van der Waals surface area contributed by atoms with Gasteiger partial charge >= 0.3 is 5.97 Å². The molecule has 0 aliphatic carbocycles. The number of aldehydes is 1. The van der Waals surface area contributed by atoms with Crippen LogP contribution in [-0.2, 0) is 11.3 Å². The highest BCUT2D eigenvalue weighted by Gasteiger charge is 2.11. The van der Waals surface area contributed by atoms with Crippen molar-refractivity contribution in [3.8, 4) is 5.75 Å². The number of carbonyl (C=O) groups excluding carboxylic acids is 2. The first-order valence-corrected chi connectivity index (χ1v) is 7.11. The minimum absolute atomic E-state index is 0.0769. The van der Waals surface area contributed by atoms with Crippen LogP contribution < -0.4 is 0 Å². The fraction of sp³-hybridized carbons (Fsp3) is 0.0526. The summed E-state index contributed by atoms with van der Waals surface area (Å²) in [5.74, 6) is -0.511. The van der Waals surface area contributed by atoms with Crippen molar-refractivity contribution in [2.75, 3.05) is 0 Å². The molecule has 1 N–H and O–H groups in total. The molecule has 0 amide bonds. The van der Waals surface area contributed by atoms with Crippen LogP contribution in [0.3, 0.4) is 0 Å². The first kappa shape index (κ1) is 14.8. The first-order valence-electron chi connectivity index (χ1n) is 7.11. The summed E-state index contributed by atoms with van der Waals surface area (Å²) < 4.78 is 5.29. The normalized spacial score (nSPS) is 10.4. The van der Waals surface area contributed by atoms with E-state index < -0.39 is 5.97 Å². The highest BCUT2D eigenvalue weighted by Crippen LogP contribution is 2.26. The average Bonchev–Trinajstić information content (AvgIpc) is 2.60. The van der Waals surface area contributed by atoms with Gasteiger partial charge in [-0.25, -0.2) is 4.79 Å². The Bertz CT molecular complexity index is 869. The van der Waals surface area contributed by atoms with Crippen molar-refractivity contribution in [2.45, 2.75) is 6.61 Å². The molecule has 0 aromatic heterocycles. The number of benzene rings is 3. The molecule has 114 valence electrons. The van der Waals surface area contributed by atoms with E-state index in [0.29, 0.717) is 22.6 Å². The van der Waals surface area contributed by atoms with E-state index in [1.165, 1.54) is 6.07 Å². The monoisotopic (exact) mass is 306 g/mol. The van der Waals surface area contributed by atoms with E-state index >= 15 is 0 Å². The molecule has 0 unspecified atom stereocenters. The zero-order valence-corrected chi connectivity index (χ0v) is 12.2. The molecule has 0 saturated heterocycles. The van der Waals surface area contributed by atoms with E-state index in [4.69, 9.17) is 4.74 Å². The second-order valence-electron chi connectivity index (χ2n) is 5.11. The maximum Gasteiger partial charge on any atom is 0.338 e. The molecular weight excluding hydrogens is 292 g/mol. The Kier molecular flexibility index (Phi) is 4.06. The number of phenols is 1. The molecule has 0 aliphatic rings. The van der Waals surface area contributed by atoms with Gasteiger partial charge in [-0.3, -0.25) is 4.79 Å². The fourth-order valence-corrected chi connectivity index (χ4v) is 2.40. The van der Waals surface area contributed by atoms with Crippen molar-refractivity contribution in [2.24, 2.45) is 0 Å². The van der Waals surface area contributed by atoms with Gasteiger partial charge in [0.25, 0.3) is 0 Å². The van der Waals surface area contributed by atoms with Crippen LogP contribution in [0, 0.1) is 0 Å². The van der Waals surface area contributed by atoms with E-state index in [-0.39, 0.29) is 17.9 Å². The largest absolute Gasteiger partial charge is 0.507 e. The van der Waals surface area contributed by atoms with Crippen LogP contribution in [0.5, 0.6) is 5.75 Å². The van der Waals surface area contributed by atoms with Crippen molar-refractivity contribution in [1.82, 2.24) is 0 Å². The third-order valence-electron chi connectivity index (χ3n) is 3.60. The SMILES string of the molecule is O=Cc1c(O)ccc2cc(C(=O)OCc3ccccc3)ccc12. The zero-order chi connectivity index (χ0) is 16.2. The molecule has 3 aromatic rings. The predicted molar refractivity (Wildman–Crippen MR) is 86.6 cm³/mol. The summed E-state index contributed by atoms with van der Waals surface area (Å²) in [6, 6.07) is 17.4. The molecule has 0 aliphatic heterocycles. The van der Waals surface area contributed by atoms with Gasteiger partial charge in [-0.05, 0) is 34.5 Å². The number of hydrogen-bond acceptors (Lipinski definition) is 4. The summed E-state index contributed by atoms with van der Waals surface area (Å²) in [5.41, 5.74) is 1.53. The summed E-state index contributed by atoms with van der Waals surface area (Å²) in [5, 5.41) is 11.0. The number of phenolic OH excluding ortho intramolecular Hbond substituents is 1. The second-order valence-corrected chi connectivity index (χ2v) is 5.11. The molecule has 0 atom stereocenters. The Hall–Kier alpha value is -3.14. The molecule has 0 saturated carbocycles. The number of esters is 1. The summed E-state index contributed by atoms with van der Waals surface area (Å²) >= 11 is 0. The molecule has 4 heteroatoms. The molecule has 0 heterocycles. The number of carbonyl (C=O) groups is 2. The van der Waals surface area contributed by atoms with Gasteiger partial charge in [0, 0.05) is 0 Å². The minimum atomic E-state index is -0.434. The Labute approximate surface area is 132 Å². The van der Waals surface area contributed by atoms with Crippen LogP contribution in [0.4, 0.5) is 0 Å². The zero-order valence-electron chi connectivity index (χ0n) is 12.2. The van der Waals surface area contributed by atoms with E-state index in [1.807, 2.05) is 30.3 Å². The summed E-state index contributed by atoms with van der Waals surface area (Å²) in [7, 11) is 0. The van der Waals surface area contributed by atoms with Gasteiger partial charge in [-0.1, -0.05) is 42.5 Å². The van der Waals surface area contributed by atoms with E-state index in [1.54, 1.807) is 24.3 Å². The standard InChI is InChI=1S/C19H14O4/c20-11-17-16-8-6-15(10-14(16)7-9-18(17)21)19(22)23-12-13-4-2-1-3-5-13/h1-11,21H,12H2. The number of hydrogen-bond donors (Lipinski definition) is 1. The Balaban J connectivity index is 1.84. The van der Waals surface area contributed by atoms with Gasteiger partial charge in [0.05, 0.1) is 11.1 Å². The molecule has 0 bridgehead atoms. The van der Waals surface area contributed by atoms with Gasteiger partial charge in [-0.2, -0.15) is 0 Å². The molecule has 0 radical (unpaired) electrons. The first-order chi connectivity index (χ1) is 11.2. The van der Waals surface area contributed by atoms with Crippen molar-refractivity contribution >= 4 is 23.0 Å². The Morgan fingerprint density at radius 2 is 1.83 bits per heavy atom. The van der Waals surface area contributed by atoms with Crippen LogP contribution in [0.15, 0.2) is 60.7 Å². The average molecular weight is 306 g/mol. The summed E-state index contributed by atoms with van der Waals surface area (Å²) in [6.45, 7) is 0.201. The lowest BCUT2D eigenvalue weighted by atomic mass is 10.0. The van der Waals surface area contributed by atoms with Crippen molar-refractivity contribution in [3.63, 3.8) is 0 Å². The second kappa shape index (κ2) is 6.32. The molecule has 3 aromatic carbocycles. The smallest absolute Gasteiger partial charge is 0.338 e. The summed E-state index contributed by atoms with van der Waals surface area (Å²) in [4.78, 5) is 23.2. The molecular formula is C19H14O4. The van der Waals surface area contributed by atoms with E-state index in [9.17, 15) is 14.7 Å². The van der Waals surface area contributed by atoms with E-state index in [2.05, 4.69) is 0 Å². The minimum Gasteiger partial charge on any atom is -0.507 e. The van der Waals surface area contributed by atoms with Crippen LogP contribution in [-0.4, -0.2) is 17.4 Å². The molecule has 0 fully saturated rings. The van der Waals surface area contributed by atoms with Gasteiger partial charge in [-0.15, -0.1) is 0 Å². The van der Waals surface area contributed by atoms with Crippen LogP contribution in [0.2, 0.25) is 0 Å². The number of ether oxygens (including phenoxy) is 1. The maximum absolute atomic E-state index is 12.1. The fourth-order valence-electron chi connectivity index (χ4n) is 2.40. The number of aromatic hydroxyl groups is 1. The van der Waals surface area contributed by atoms with Crippen LogP contribution >= 0.6 is 0 Å². The highest BCUT2D eigenvalue weighted by atomic mass is 16.5. The Morgan fingerprint density at radius 3 is 2.57 bits per heavy atom. The lowest BCUT2D eigenvalue weighted by Crippen LogP contribution is -2.05. The molecule has 23 heavy (non-hydrogen) atoms. The van der Waals surface area contributed by atoms with Crippen molar-refractivity contribution < 1.29 is 19.4 Å². The molecule has 3 rings (SSSR count). The van der Waals surface area contributed by atoms with Gasteiger partial charge in [0.2, 0.25) is 0 Å². The van der Waals surface area contributed by atoms with Gasteiger partial charge in [0.15, 0.2) is 6.29 Å². The molecule has 0 spiro atoms. The number of fused-ring (bicyclic) bond motifs is 1. The summed E-state index contributed by atoms with van der Waals surface area (Å²) in [6.07, 6.45) is 0.602. The highest BCUT2D eigenvalue weighted by molar-refractivity contribution is 6.03. The predicted octanol–water partition coefficient (Wildman–Crippen LogP) is 3.71. The third-order valence-corrected chi connectivity index (χ3v) is 3.60. The van der Waals surface area contributed by atoms with Gasteiger partial charge in [0.1, 0.15) is 12.4 Å². The lowest BCUT2D eigenvalue weighted by molar-refractivity contribution is 0.0473. The maximum atomic E-state index is 12.1. The number of rotatable bonds is 4. The third kappa shape index (κ3) is 3.06. The molecule has 4 nitrogen and oxygen atoms in total. The topological polar surface area (TPSA) is 63.6 Å². The Morgan fingerprint density at radius 1 is 1.04 bits per heavy atom.